The first-order valence-electron chi connectivity index (χ1n) is 11.5. The molecule has 1 unspecified atom stereocenters. The van der Waals surface area contributed by atoms with Gasteiger partial charge in [0, 0.05) is 6.54 Å². The fourth-order valence-electron chi connectivity index (χ4n) is 4.01. The first-order valence-corrected chi connectivity index (χ1v) is 11.5. The molecule has 0 aliphatic heterocycles. The number of unbranched alkanes of at least 4 members (excludes halogenated alkanes) is 1. The van der Waals surface area contributed by atoms with E-state index in [9.17, 15) is 0 Å². The average molecular weight is 429 g/mol. The molecule has 32 heavy (non-hydrogen) atoms. The fraction of sp³-hybridized carbons (Fsp3) is 0.321. The minimum atomic E-state index is -0.0901. The standard InChI is InChI=1S/C28H32N2O2/c1-4-27(32-24-14-10-12-22(3)20-24)28-29-25-15-5-6-16-26(25)30(28)17-7-8-18-31-23-13-9-11-21(2)19-23/h5-6,9-16,19-20,27H,4,7-8,17-18H2,1-3H3. The molecule has 166 valence electrons. The van der Waals surface area contributed by atoms with Crippen molar-refractivity contribution in [3.63, 3.8) is 0 Å². The van der Waals surface area contributed by atoms with E-state index in [0.717, 1.165) is 54.2 Å². The molecule has 0 bridgehead atoms. The quantitative estimate of drug-likeness (QED) is 0.254. The number of imidazole rings is 1. The van der Waals surface area contributed by atoms with Gasteiger partial charge >= 0.3 is 0 Å². The van der Waals surface area contributed by atoms with Crippen molar-refractivity contribution in [2.45, 2.75) is 52.7 Å². The van der Waals surface area contributed by atoms with Crippen LogP contribution in [0.3, 0.4) is 0 Å². The molecule has 0 fully saturated rings. The molecular weight excluding hydrogens is 396 g/mol. The van der Waals surface area contributed by atoms with Gasteiger partial charge in [0.05, 0.1) is 17.6 Å². The van der Waals surface area contributed by atoms with Crippen LogP contribution in [0.4, 0.5) is 0 Å². The number of aryl methyl sites for hydroxylation is 3. The molecule has 0 saturated carbocycles. The Morgan fingerprint density at radius 3 is 2.31 bits per heavy atom. The Bertz CT molecular complexity index is 1170. The lowest BCUT2D eigenvalue weighted by molar-refractivity contribution is 0.186. The topological polar surface area (TPSA) is 36.3 Å². The second-order valence-electron chi connectivity index (χ2n) is 8.31. The van der Waals surface area contributed by atoms with E-state index >= 15 is 0 Å². The largest absolute Gasteiger partial charge is 0.494 e. The van der Waals surface area contributed by atoms with Crippen molar-refractivity contribution in [2.75, 3.05) is 6.61 Å². The minimum Gasteiger partial charge on any atom is -0.494 e. The predicted molar refractivity (Wildman–Crippen MR) is 130 cm³/mol. The van der Waals surface area contributed by atoms with Crippen molar-refractivity contribution in [3.05, 3.63) is 89.7 Å². The summed E-state index contributed by atoms with van der Waals surface area (Å²) < 4.78 is 14.6. The molecule has 4 aromatic rings. The van der Waals surface area contributed by atoms with Gasteiger partial charge in [0.1, 0.15) is 11.5 Å². The first kappa shape index (κ1) is 21.9. The van der Waals surface area contributed by atoms with Gasteiger partial charge in [0.15, 0.2) is 11.9 Å². The van der Waals surface area contributed by atoms with Gasteiger partial charge in [0.25, 0.3) is 0 Å². The third kappa shape index (κ3) is 5.31. The molecule has 1 aromatic heterocycles. The number of rotatable bonds is 10. The van der Waals surface area contributed by atoms with Crippen LogP contribution in [0.2, 0.25) is 0 Å². The lowest BCUT2D eigenvalue weighted by Crippen LogP contribution is -2.15. The zero-order chi connectivity index (χ0) is 22.3. The Kier molecular flexibility index (Phi) is 7.10. The minimum absolute atomic E-state index is 0.0901. The molecule has 0 N–H and O–H groups in total. The van der Waals surface area contributed by atoms with Gasteiger partial charge in [-0.25, -0.2) is 4.98 Å². The number of nitrogens with zero attached hydrogens (tertiary/aromatic N) is 2. The van der Waals surface area contributed by atoms with Gasteiger partial charge in [-0.1, -0.05) is 43.3 Å². The summed E-state index contributed by atoms with van der Waals surface area (Å²) >= 11 is 0. The third-order valence-electron chi connectivity index (χ3n) is 5.65. The molecule has 0 aliphatic carbocycles. The van der Waals surface area contributed by atoms with E-state index in [1.54, 1.807) is 0 Å². The van der Waals surface area contributed by atoms with Crippen LogP contribution in [-0.4, -0.2) is 16.2 Å². The summed E-state index contributed by atoms with van der Waals surface area (Å²) in [6.45, 7) is 7.92. The predicted octanol–water partition coefficient (Wildman–Crippen LogP) is 7.04. The lowest BCUT2D eigenvalue weighted by Gasteiger charge is -2.19. The highest BCUT2D eigenvalue weighted by Gasteiger charge is 2.20. The Morgan fingerprint density at radius 1 is 0.844 bits per heavy atom. The first-order chi connectivity index (χ1) is 15.6. The summed E-state index contributed by atoms with van der Waals surface area (Å²) in [5.74, 6) is 2.83. The van der Waals surface area contributed by atoms with Crippen LogP contribution >= 0.6 is 0 Å². The van der Waals surface area contributed by atoms with Crippen molar-refractivity contribution < 1.29 is 9.47 Å². The molecule has 0 radical (unpaired) electrons. The van der Waals surface area contributed by atoms with Gasteiger partial charge in [0.2, 0.25) is 0 Å². The normalized spacial score (nSPS) is 12.1. The molecular formula is C28H32N2O2. The second kappa shape index (κ2) is 10.4. The molecule has 0 aliphatic rings. The van der Waals surface area contributed by atoms with Crippen molar-refractivity contribution in [1.29, 1.82) is 0 Å². The Labute approximate surface area is 190 Å². The number of aromatic nitrogens is 2. The summed E-state index contributed by atoms with van der Waals surface area (Å²) in [6.07, 6.45) is 2.76. The van der Waals surface area contributed by atoms with Crippen LogP contribution in [0, 0.1) is 13.8 Å². The molecule has 4 rings (SSSR count). The number of hydrogen-bond acceptors (Lipinski definition) is 3. The molecule has 3 aromatic carbocycles. The molecule has 1 heterocycles. The van der Waals surface area contributed by atoms with E-state index < -0.39 is 0 Å². The smallest absolute Gasteiger partial charge is 0.156 e. The molecule has 0 saturated heterocycles. The van der Waals surface area contributed by atoms with E-state index in [1.165, 1.54) is 11.1 Å². The number of ether oxygens (including phenoxy) is 2. The van der Waals surface area contributed by atoms with E-state index in [2.05, 4.69) is 67.8 Å². The molecule has 1 atom stereocenters. The van der Waals surface area contributed by atoms with Crippen LogP contribution in [-0.2, 0) is 6.54 Å². The van der Waals surface area contributed by atoms with E-state index in [1.807, 2.05) is 30.3 Å². The lowest BCUT2D eigenvalue weighted by atomic mass is 10.2. The van der Waals surface area contributed by atoms with Gasteiger partial charge in [-0.05, 0) is 80.6 Å². The summed E-state index contributed by atoms with van der Waals surface area (Å²) in [5.41, 5.74) is 4.59. The zero-order valence-corrected chi connectivity index (χ0v) is 19.3. The summed E-state index contributed by atoms with van der Waals surface area (Å²) in [7, 11) is 0. The Hall–Kier alpha value is -3.27. The van der Waals surface area contributed by atoms with E-state index in [-0.39, 0.29) is 6.10 Å². The van der Waals surface area contributed by atoms with Gasteiger partial charge in [-0.2, -0.15) is 0 Å². The average Bonchev–Trinajstić information content (AvgIpc) is 3.16. The zero-order valence-electron chi connectivity index (χ0n) is 19.3. The van der Waals surface area contributed by atoms with Crippen LogP contribution in [0.15, 0.2) is 72.8 Å². The molecule has 4 nitrogen and oxygen atoms in total. The monoisotopic (exact) mass is 428 g/mol. The van der Waals surface area contributed by atoms with Gasteiger partial charge < -0.3 is 14.0 Å². The van der Waals surface area contributed by atoms with Crippen molar-refractivity contribution in [2.24, 2.45) is 0 Å². The number of para-hydroxylation sites is 2. The Balaban J connectivity index is 1.47. The van der Waals surface area contributed by atoms with E-state index in [4.69, 9.17) is 14.5 Å². The maximum atomic E-state index is 6.39. The van der Waals surface area contributed by atoms with Crippen LogP contribution in [0.5, 0.6) is 11.5 Å². The van der Waals surface area contributed by atoms with Crippen LogP contribution in [0.1, 0.15) is 49.2 Å². The number of fused-ring (bicyclic) bond motifs is 1. The van der Waals surface area contributed by atoms with Crippen molar-refractivity contribution in [1.82, 2.24) is 9.55 Å². The molecule has 0 spiro atoms. The third-order valence-corrected chi connectivity index (χ3v) is 5.65. The molecule has 0 amide bonds. The molecule has 4 heteroatoms. The van der Waals surface area contributed by atoms with Crippen molar-refractivity contribution in [3.8, 4) is 11.5 Å². The maximum Gasteiger partial charge on any atom is 0.156 e. The SMILES string of the molecule is CCC(Oc1cccc(C)c1)c1nc2ccccc2n1CCCCOc1cccc(C)c1. The summed E-state index contributed by atoms with van der Waals surface area (Å²) in [4.78, 5) is 4.97. The van der Waals surface area contributed by atoms with Crippen LogP contribution in [0.25, 0.3) is 11.0 Å². The fourth-order valence-corrected chi connectivity index (χ4v) is 4.01. The van der Waals surface area contributed by atoms with E-state index in [0.29, 0.717) is 6.61 Å². The van der Waals surface area contributed by atoms with Crippen LogP contribution < -0.4 is 9.47 Å². The van der Waals surface area contributed by atoms with Gasteiger partial charge in [-0.3, -0.25) is 0 Å². The number of hydrogen-bond donors (Lipinski definition) is 0. The highest BCUT2D eigenvalue weighted by Crippen LogP contribution is 2.28. The summed E-state index contributed by atoms with van der Waals surface area (Å²) in [6, 6.07) is 24.8. The number of benzene rings is 3. The van der Waals surface area contributed by atoms with Crippen molar-refractivity contribution >= 4 is 11.0 Å². The summed E-state index contributed by atoms with van der Waals surface area (Å²) in [5, 5.41) is 0. The second-order valence-corrected chi connectivity index (χ2v) is 8.31. The Morgan fingerprint density at radius 2 is 1.56 bits per heavy atom. The highest BCUT2D eigenvalue weighted by molar-refractivity contribution is 5.76. The highest BCUT2D eigenvalue weighted by atomic mass is 16.5. The van der Waals surface area contributed by atoms with Gasteiger partial charge in [-0.15, -0.1) is 0 Å². The maximum absolute atomic E-state index is 6.39.